The molecule has 2 atom stereocenters. The Balaban J connectivity index is 2.24. The van der Waals surface area contributed by atoms with Crippen LogP contribution in [0.5, 0.6) is 0 Å². The van der Waals surface area contributed by atoms with E-state index in [0.717, 1.165) is 5.56 Å². The molecule has 1 heterocycles. The number of aromatic nitrogens is 1. The highest BCUT2D eigenvalue weighted by molar-refractivity contribution is 7.07. The van der Waals surface area contributed by atoms with Crippen LogP contribution in [0.3, 0.4) is 0 Å². The molecule has 1 aromatic heterocycles. The molecule has 0 saturated carbocycles. The molecule has 1 aromatic carbocycles. The van der Waals surface area contributed by atoms with E-state index in [1.54, 1.807) is 29.9 Å². The summed E-state index contributed by atoms with van der Waals surface area (Å²) in [6.45, 7) is 1.57. The molecule has 2 N–H and O–H groups in total. The Morgan fingerprint density at radius 3 is 2.55 bits per heavy atom. The third-order valence-corrected chi connectivity index (χ3v) is 3.59. The second-order valence-corrected chi connectivity index (χ2v) is 5.08. The molecule has 0 bridgehead atoms. The number of carbonyl (C=O) groups is 2. The number of carboxylic acid groups (broad SMARTS) is 1. The van der Waals surface area contributed by atoms with E-state index in [1.165, 1.54) is 11.3 Å². The highest BCUT2D eigenvalue weighted by Crippen LogP contribution is 2.22. The first-order chi connectivity index (χ1) is 9.59. The van der Waals surface area contributed by atoms with Gasteiger partial charge in [-0.05, 0) is 12.5 Å². The Kier molecular flexibility index (Phi) is 4.47. The van der Waals surface area contributed by atoms with Gasteiger partial charge in [-0.25, -0.2) is 4.98 Å². The molecule has 5 nitrogen and oxygen atoms in total. The molecule has 0 aliphatic heterocycles. The van der Waals surface area contributed by atoms with Crippen molar-refractivity contribution in [2.24, 2.45) is 5.92 Å². The second-order valence-electron chi connectivity index (χ2n) is 4.36. The van der Waals surface area contributed by atoms with Crippen molar-refractivity contribution in [3.05, 3.63) is 52.5 Å². The maximum absolute atomic E-state index is 12.1. The Bertz CT molecular complexity index is 584. The number of thiazole rings is 1. The molecule has 0 fully saturated rings. The standard InChI is InChI=1S/C14H14N2O3S/c1-9(14(18)19)12(10-5-3-2-4-6-10)16-13(17)11-7-20-8-15-11/h2-9,12H,1H3,(H,16,17)(H,18,19)/t9-,12+/m1/s1. The summed E-state index contributed by atoms with van der Waals surface area (Å²) >= 11 is 1.32. The van der Waals surface area contributed by atoms with E-state index in [1.807, 2.05) is 18.2 Å². The summed E-state index contributed by atoms with van der Waals surface area (Å²) in [5.74, 6) is -2.06. The van der Waals surface area contributed by atoms with Crippen LogP contribution < -0.4 is 5.32 Å². The normalized spacial score (nSPS) is 13.4. The lowest BCUT2D eigenvalue weighted by Gasteiger charge is -2.22. The van der Waals surface area contributed by atoms with Gasteiger partial charge in [-0.2, -0.15) is 0 Å². The van der Waals surface area contributed by atoms with E-state index < -0.39 is 17.9 Å². The highest BCUT2D eigenvalue weighted by Gasteiger charge is 2.27. The van der Waals surface area contributed by atoms with Gasteiger partial charge in [0.25, 0.3) is 5.91 Å². The summed E-state index contributed by atoms with van der Waals surface area (Å²) in [5.41, 5.74) is 2.62. The van der Waals surface area contributed by atoms with Crippen molar-refractivity contribution in [1.82, 2.24) is 10.3 Å². The quantitative estimate of drug-likeness (QED) is 0.885. The first-order valence-corrected chi connectivity index (χ1v) is 7.00. The molecule has 0 saturated heterocycles. The van der Waals surface area contributed by atoms with Crippen molar-refractivity contribution in [2.75, 3.05) is 0 Å². The lowest BCUT2D eigenvalue weighted by molar-refractivity contribution is -0.142. The van der Waals surface area contributed by atoms with Crippen LogP contribution in [0.1, 0.15) is 29.0 Å². The molecule has 2 aromatic rings. The number of amides is 1. The first kappa shape index (κ1) is 14.2. The summed E-state index contributed by atoms with van der Waals surface area (Å²) in [6, 6.07) is 8.46. The molecule has 0 aliphatic rings. The number of carboxylic acids is 1. The van der Waals surface area contributed by atoms with Gasteiger partial charge in [-0.1, -0.05) is 30.3 Å². The molecule has 104 valence electrons. The Morgan fingerprint density at radius 1 is 1.30 bits per heavy atom. The minimum atomic E-state index is -0.961. The molecule has 2 rings (SSSR count). The average molecular weight is 290 g/mol. The molecule has 1 amide bonds. The fourth-order valence-corrected chi connectivity index (χ4v) is 2.37. The molecule has 6 heteroatoms. The van der Waals surface area contributed by atoms with Gasteiger partial charge in [0.15, 0.2) is 0 Å². The van der Waals surface area contributed by atoms with Gasteiger partial charge in [0.05, 0.1) is 17.5 Å². The van der Waals surface area contributed by atoms with Crippen molar-refractivity contribution >= 4 is 23.2 Å². The molecule has 0 radical (unpaired) electrons. The van der Waals surface area contributed by atoms with Crippen molar-refractivity contribution in [3.63, 3.8) is 0 Å². The van der Waals surface area contributed by atoms with Crippen LogP contribution in [0, 0.1) is 5.92 Å². The zero-order chi connectivity index (χ0) is 14.5. The fourth-order valence-electron chi connectivity index (χ4n) is 1.84. The van der Waals surface area contributed by atoms with E-state index in [4.69, 9.17) is 0 Å². The summed E-state index contributed by atoms with van der Waals surface area (Å²) in [4.78, 5) is 27.2. The Morgan fingerprint density at radius 2 is 2.00 bits per heavy atom. The van der Waals surface area contributed by atoms with E-state index in [2.05, 4.69) is 10.3 Å². The molecular weight excluding hydrogens is 276 g/mol. The minimum Gasteiger partial charge on any atom is -0.481 e. The molecular formula is C14H14N2O3S. The summed E-state index contributed by atoms with van der Waals surface area (Å²) in [5, 5.41) is 13.6. The number of hydrogen-bond donors (Lipinski definition) is 2. The van der Waals surface area contributed by atoms with E-state index in [0.29, 0.717) is 5.69 Å². The van der Waals surface area contributed by atoms with Crippen molar-refractivity contribution < 1.29 is 14.7 Å². The van der Waals surface area contributed by atoms with Crippen LogP contribution in [0.4, 0.5) is 0 Å². The third-order valence-electron chi connectivity index (χ3n) is 3.00. The number of nitrogens with zero attached hydrogens (tertiary/aromatic N) is 1. The maximum atomic E-state index is 12.1. The monoisotopic (exact) mass is 290 g/mol. The Labute approximate surface area is 120 Å². The summed E-state index contributed by atoms with van der Waals surface area (Å²) in [6.07, 6.45) is 0. The van der Waals surface area contributed by atoms with Gasteiger partial charge in [0.1, 0.15) is 5.69 Å². The van der Waals surface area contributed by atoms with Crippen LogP contribution in [-0.2, 0) is 4.79 Å². The number of benzene rings is 1. The number of aliphatic carboxylic acids is 1. The lowest BCUT2D eigenvalue weighted by atomic mass is 9.94. The number of nitrogens with one attached hydrogen (secondary N) is 1. The second kappa shape index (κ2) is 6.29. The van der Waals surface area contributed by atoms with E-state index >= 15 is 0 Å². The van der Waals surface area contributed by atoms with Crippen LogP contribution in [-0.4, -0.2) is 22.0 Å². The fraction of sp³-hybridized carbons (Fsp3) is 0.214. The zero-order valence-corrected chi connectivity index (χ0v) is 11.6. The lowest BCUT2D eigenvalue weighted by Crippen LogP contribution is -2.35. The molecule has 0 unspecified atom stereocenters. The van der Waals surface area contributed by atoms with E-state index in [9.17, 15) is 14.7 Å². The highest BCUT2D eigenvalue weighted by atomic mass is 32.1. The smallest absolute Gasteiger partial charge is 0.308 e. The van der Waals surface area contributed by atoms with E-state index in [-0.39, 0.29) is 5.91 Å². The summed E-state index contributed by atoms with van der Waals surface area (Å²) < 4.78 is 0. The van der Waals surface area contributed by atoms with Crippen LogP contribution >= 0.6 is 11.3 Å². The number of hydrogen-bond acceptors (Lipinski definition) is 4. The van der Waals surface area contributed by atoms with Gasteiger partial charge >= 0.3 is 5.97 Å². The van der Waals surface area contributed by atoms with Crippen LogP contribution in [0.25, 0.3) is 0 Å². The number of rotatable bonds is 5. The molecule has 0 aliphatic carbocycles. The van der Waals surface area contributed by atoms with Gasteiger partial charge in [0, 0.05) is 5.38 Å². The zero-order valence-electron chi connectivity index (χ0n) is 10.8. The van der Waals surface area contributed by atoms with Crippen molar-refractivity contribution in [1.29, 1.82) is 0 Å². The van der Waals surface area contributed by atoms with Gasteiger partial charge in [-0.3, -0.25) is 9.59 Å². The summed E-state index contributed by atoms with van der Waals surface area (Å²) in [7, 11) is 0. The van der Waals surface area contributed by atoms with Crippen molar-refractivity contribution in [3.8, 4) is 0 Å². The van der Waals surface area contributed by atoms with Gasteiger partial charge in [-0.15, -0.1) is 11.3 Å². The molecule has 20 heavy (non-hydrogen) atoms. The van der Waals surface area contributed by atoms with Crippen molar-refractivity contribution in [2.45, 2.75) is 13.0 Å². The van der Waals surface area contributed by atoms with Gasteiger partial charge in [0.2, 0.25) is 0 Å². The predicted octanol–water partition coefficient (Wildman–Crippen LogP) is 2.33. The van der Waals surface area contributed by atoms with Crippen LogP contribution in [0.15, 0.2) is 41.2 Å². The third kappa shape index (κ3) is 3.21. The SMILES string of the molecule is C[C@@H](C(=O)O)[C@H](NC(=O)c1cscn1)c1ccccc1. The minimum absolute atomic E-state index is 0.300. The molecule has 0 spiro atoms. The average Bonchev–Trinajstić information content (AvgIpc) is 2.99. The Hall–Kier alpha value is -2.21. The predicted molar refractivity (Wildman–Crippen MR) is 75.6 cm³/mol. The van der Waals surface area contributed by atoms with Crippen LogP contribution in [0.2, 0.25) is 0 Å². The maximum Gasteiger partial charge on any atom is 0.308 e. The van der Waals surface area contributed by atoms with Gasteiger partial charge < -0.3 is 10.4 Å². The number of carbonyl (C=O) groups excluding carboxylic acids is 1. The first-order valence-electron chi connectivity index (χ1n) is 6.06. The topological polar surface area (TPSA) is 79.3 Å². The largest absolute Gasteiger partial charge is 0.481 e.